The van der Waals surface area contributed by atoms with Crippen LogP contribution in [0.15, 0.2) is 36.5 Å². The van der Waals surface area contributed by atoms with Gasteiger partial charge in [0.1, 0.15) is 6.07 Å². The van der Waals surface area contributed by atoms with E-state index in [-0.39, 0.29) is 11.8 Å². The summed E-state index contributed by atoms with van der Waals surface area (Å²) in [5, 5.41) is 15.0. The van der Waals surface area contributed by atoms with Crippen molar-refractivity contribution in [3.63, 3.8) is 0 Å². The lowest BCUT2D eigenvalue weighted by atomic mass is 9.83. The molecule has 2 aliphatic rings. The van der Waals surface area contributed by atoms with E-state index in [1.54, 1.807) is 6.20 Å². The Bertz CT molecular complexity index is 1120. The topological polar surface area (TPSA) is 74.8 Å². The first-order valence-electron chi connectivity index (χ1n) is 10.3. The fourth-order valence-corrected chi connectivity index (χ4v) is 4.91. The van der Waals surface area contributed by atoms with Gasteiger partial charge in [-0.1, -0.05) is 19.1 Å². The number of nitrogens with zero attached hydrogens (tertiary/aromatic N) is 5. The van der Waals surface area contributed by atoms with Crippen LogP contribution in [0.25, 0.3) is 10.9 Å². The highest BCUT2D eigenvalue weighted by molar-refractivity contribution is 5.93. The van der Waals surface area contributed by atoms with Gasteiger partial charge in [0.25, 0.3) is 5.91 Å². The van der Waals surface area contributed by atoms with Gasteiger partial charge in [-0.15, -0.1) is 0 Å². The normalized spacial score (nSPS) is 21.2. The fraction of sp³-hybridized carbons (Fsp3) is 0.391. The summed E-state index contributed by atoms with van der Waals surface area (Å²) in [6, 6.07) is 12.0. The number of hydrogen-bond donors (Lipinski definition) is 0. The summed E-state index contributed by atoms with van der Waals surface area (Å²) in [4.78, 5) is 19.6. The van der Waals surface area contributed by atoms with E-state index in [9.17, 15) is 10.1 Å². The van der Waals surface area contributed by atoms with Crippen LogP contribution in [0.2, 0.25) is 0 Å². The number of aromatic nitrogens is 3. The van der Waals surface area contributed by atoms with Crippen LogP contribution < -0.4 is 0 Å². The van der Waals surface area contributed by atoms with Gasteiger partial charge in [0.2, 0.25) is 0 Å². The molecule has 0 aliphatic carbocycles. The van der Waals surface area contributed by atoms with Crippen molar-refractivity contribution in [1.82, 2.24) is 19.7 Å². The first kappa shape index (κ1) is 17.9. The minimum atomic E-state index is 0.0273. The molecule has 1 amide bonds. The van der Waals surface area contributed by atoms with Crippen LogP contribution in [0.5, 0.6) is 0 Å². The van der Waals surface area contributed by atoms with Gasteiger partial charge in [0, 0.05) is 42.8 Å². The predicted molar refractivity (Wildman–Crippen MR) is 109 cm³/mol. The number of rotatable bonds is 2. The molecule has 0 unspecified atom stereocenters. The molecule has 1 aromatic carbocycles. The van der Waals surface area contributed by atoms with Crippen LogP contribution in [0.1, 0.15) is 53.0 Å². The van der Waals surface area contributed by atoms with E-state index < -0.39 is 0 Å². The maximum atomic E-state index is 13.2. The molecule has 4 heterocycles. The number of amides is 1. The second-order valence-electron chi connectivity index (χ2n) is 8.31. The average Bonchev–Trinajstić information content (AvgIpc) is 3.34. The number of nitriles is 1. The second kappa shape index (κ2) is 7.00. The van der Waals surface area contributed by atoms with E-state index >= 15 is 0 Å². The van der Waals surface area contributed by atoms with Gasteiger partial charge >= 0.3 is 0 Å². The lowest BCUT2D eigenvalue weighted by Crippen LogP contribution is -2.42. The van der Waals surface area contributed by atoms with Crippen molar-refractivity contribution in [2.45, 2.75) is 38.6 Å². The van der Waals surface area contributed by atoms with Crippen molar-refractivity contribution in [2.24, 2.45) is 5.92 Å². The highest BCUT2D eigenvalue weighted by atomic mass is 16.2. The molecule has 5 rings (SSSR count). The number of hydrogen-bond acceptors (Lipinski definition) is 4. The lowest BCUT2D eigenvalue weighted by Gasteiger charge is -2.37. The van der Waals surface area contributed by atoms with Crippen LogP contribution in [0.4, 0.5) is 0 Å². The summed E-state index contributed by atoms with van der Waals surface area (Å²) in [6.45, 7) is 4.53. The molecule has 0 spiro atoms. The highest BCUT2D eigenvalue weighted by Crippen LogP contribution is 2.35. The van der Waals surface area contributed by atoms with Crippen LogP contribution in [-0.4, -0.2) is 38.7 Å². The minimum Gasteiger partial charge on any atom is -0.336 e. The summed E-state index contributed by atoms with van der Waals surface area (Å²) >= 11 is 0. The molecular formula is C23H23N5O. The highest BCUT2D eigenvalue weighted by Gasteiger charge is 2.32. The molecule has 2 aromatic heterocycles. The maximum absolute atomic E-state index is 13.2. The van der Waals surface area contributed by atoms with Gasteiger partial charge in [-0.05, 0) is 48.9 Å². The van der Waals surface area contributed by atoms with Crippen molar-refractivity contribution in [1.29, 1.82) is 5.26 Å². The lowest BCUT2D eigenvalue weighted by molar-refractivity contribution is 0.0652. The Kier molecular flexibility index (Phi) is 4.31. The van der Waals surface area contributed by atoms with Crippen LogP contribution in [0, 0.1) is 17.2 Å². The molecule has 0 bridgehead atoms. The third-order valence-corrected chi connectivity index (χ3v) is 6.20. The van der Waals surface area contributed by atoms with Gasteiger partial charge in [0.15, 0.2) is 5.69 Å². The predicted octanol–water partition coefficient (Wildman–Crippen LogP) is 3.51. The molecule has 0 saturated carbocycles. The minimum absolute atomic E-state index is 0.0273. The molecule has 1 fully saturated rings. The molecular weight excluding hydrogens is 362 g/mol. The van der Waals surface area contributed by atoms with Crippen LogP contribution in [0.3, 0.4) is 0 Å². The Morgan fingerprint density at radius 1 is 1.28 bits per heavy atom. The summed E-state index contributed by atoms with van der Waals surface area (Å²) in [7, 11) is 0. The van der Waals surface area contributed by atoms with Gasteiger partial charge < -0.3 is 4.90 Å². The summed E-state index contributed by atoms with van der Waals surface area (Å²) in [5.74, 6) is 0.644. The molecule has 29 heavy (non-hydrogen) atoms. The van der Waals surface area contributed by atoms with E-state index in [2.05, 4.69) is 23.1 Å². The monoisotopic (exact) mass is 385 g/mol. The Morgan fingerprint density at radius 2 is 2.17 bits per heavy atom. The third kappa shape index (κ3) is 3.07. The number of likely N-dealkylation sites (tertiary alicyclic amines) is 1. The van der Waals surface area contributed by atoms with Gasteiger partial charge in [-0.25, -0.2) is 0 Å². The largest absolute Gasteiger partial charge is 0.336 e. The Labute approximate surface area is 169 Å². The zero-order chi connectivity index (χ0) is 20.0. The van der Waals surface area contributed by atoms with E-state index in [1.807, 2.05) is 39.9 Å². The summed E-state index contributed by atoms with van der Waals surface area (Å²) in [6.07, 6.45) is 4.85. The van der Waals surface area contributed by atoms with Crippen LogP contribution >= 0.6 is 0 Å². The Hall–Kier alpha value is -3.20. The summed E-state index contributed by atoms with van der Waals surface area (Å²) in [5.41, 5.74) is 4.24. The summed E-state index contributed by atoms with van der Waals surface area (Å²) < 4.78 is 1.97. The van der Waals surface area contributed by atoms with Crippen molar-refractivity contribution in [3.8, 4) is 6.07 Å². The zero-order valence-electron chi connectivity index (χ0n) is 16.5. The van der Waals surface area contributed by atoms with Gasteiger partial charge in [0.05, 0.1) is 11.1 Å². The number of piperidine rings is 1. The fourth-order valence-electron chi connectivity index (χ4n) is 4.91. The van der Waals surface area contributed by atoms with E-state index in [1.165, 1.54) is 11.3 Å². The van der Waals surface area contributed by atoms with Gasteiger partial charge in [-0.3, -0.25) is 14.5 Å². The first-order valence-corrected chi connectivity index (χ1v) is 10.3. The smallest absolute Gasteiger partial charge is 0.274 e. The molecule has 1 saturated heterocycles. The van der Waals surface area contributed by atoms with Crippen molar-refractivity contribution >= 4 is 16.8 Å². The molecule has 2 aliphatic heterocycles. The van der Waals surface area contributed by atoms with Crippen LogP contribution in [-0.2, 0) is 13.0 Å². The number of carbonyl (C=O) groups excluding carboxylic acids is 1. The first-order chi connectivity index (χ1) is 14.1. The Balaban J connectivity index is 1.47. The van der Waals surface area contributed by atoms with Gasteiger partial charge in [-0.2, -0.15) is 10.4 Å². The molecule has 6 nitrogen and oxygen atoms in total. The number of pyridine rings is 1. The van der Waals surface area contributed by atoms with E-state index in [0.717, 1.165) is 43.3 Å². The average molecular weight is 385 g/mol. The third-order valence-electron chi connectivity index (χ3n) is 6.20. The van der Waals surface area contributed by atoms with Crippen molar-refractivity contribution in [3.05, 3.63) is 59.0 Å². The second-order valence-corrected chi connectivity index (χ2v) is 8.31. The molecule has 3 aromatic rings. The SMILES string of the molecule is C[C@@H]1C[C@H](c2ccc(C#N)c3ncccc23)CN(C(=O)c2cc3n(n2)CCC3)C1. The quantitative estimate of drug-likeness (QED) is 0.676. The molecule has 0 radical (unpaired) electrons. The molecule has 0 N–H and O–H groups in total. The Morgan fingerprint density at radius 3 is 3.00 bits per heavy atom. The number of aryl methyl sites for hydroxylation is 2. The van der Waals surface area contributed by atoms with Crippen molar-refractivity contribution < 1.29 is 4.79 Å². The maximum Gasteiger partial charge on any atom is 0.274 e. The molecule has 2 atom stereocenters. The molecule has 146 valence electrons. The zero-order valence-corrected chi connectivity index (χ0v) is 16.5. The van der Waals surface area contributed by atoms with E-state index in [4.69, 9.17) is 0 Å². The van der Waals surface area contributed by atoms with E-state index in [0.29, 0.717) is 23.7 Å². The number of benzene rings is 1. The van der Waals surface area contributed by atoms with Crippen molar-refractivity contribution in [2.75, 3.05) is 13.1 Å². The number of fused-ring (bicyclic) bond motifs is 2. The standard InChI is InChI=1S/C23H23N5O/c1-15-10-17(19-7-6-16(12-24)22-20(19)5-2-8-25-22)14-27(13-15)23(29)21-11-18-4-3-9-28(18)26-21/h2,5-8,11,15,17H,3-4,9-10,13-14H2,1H3/t15-,17+/m1/s1. The molecule has 6 heteroatoms. The number of carbonyl (C=O) groups is 1.